The van der Waals surface area contributed by atoms with E-state index in [0.29, 0.717) is 21.5 Å². The van der Waals surface area contributed by atoms with Crippen LogP contribution in [0.5, 0.6) is 0 Å². The second kappa shape index (κ2) is 3.44. The molecule has 0 heterocycles. The van der Waals surface area contributed by atoms with Crippen LogP contribution >= 0.6 is 11.6 Å². The lowest BCUT2D eigenvalue weighted by Gasteiger charge is -2.05. The summed E-state index contributed by atoms with van der Waals surface area (Å²) in [5, 5.41) is 10.8. The van der Waals surface area contributed by atoms with Gasteiger partial charge in [0.1, 0.15) is 0 Å². The van der Waals surface area contributed by atoms with Crippen LogP contribution in [0.3, 0.4) is 0 Å². The van der Waals surface area contributed by atoms with Crippen LogP contribution in [0.1, 0.15) is 10.4 Å². The molecule has 0 bridgehead atoms. The summed E-state index contributed by atoms with van der Waals surface area (Å²) >= 11 is 5.82. The van der Waals surface area contributed by atoms with E-state index in [4.69, 9.17) is 22.4 Å². The van der Waals surface area contributed by atoms with Crippen molar-refractivity contribution in [1.29, 1.82) is 0 Å². The number of anilines is 1. The normalized spacial score (nSPS) is 10.5. The summed E-state index contributed by atoms with van der Waals surface area (Å²) in [5.74, 6) is -0.970. The molecule has 0 aromatic heterocycles. The molecule has 0 radical (unpaired) electrons. The van der Waals surface area contributed by atoms with Gasteiger partial charge in [-0.1, -0.05) is 17.7 Å². The molecule has 0 spiro atoms. The number of halogens is 1. The molecule has 2 aromatic carbocycles. The third-order valence-electron chi connectivity index (χ3n) is 2.24. The zero-order valence-electron chi connectivity index (χ0n) is 7.70. The van der Waals surface area contributed by atoms with E-state index in [1.54, 1.807) is 24.3 Å². The summed E-state index contributed by atoms with van der Waals surface area (Å²) < 4.78 is 0. The van der Waals surface area contributed by atoms with E-state index < -0.39 is 5.97 Å². The average Bonchev–Trinajstić information content (AvgIpc) is 2.19. The van der Waals surface area contributed by atoms with Crippen molar-refractivity contribution in [2.45, 2.75) is 0 Å². The number of fused-ring (bicyclic) bond motifs is 1. The Morgan fingerprint density at radius 3 is 2.60 bits per heavy atom. The molecule has 4 heteroatoms. The Balaban J connectivity index is 2.88. The summed E-state index contributed by atoms with van der Waals surface area (Å²) in [7, 11) is 0. The van der Waals surface area contributed by atoms with Gasteiger partial charge in [0.2, 0.25) is 0 Å². The Morgan fingerprint density at radius 1 is 1.20 bits per heavy atom. The summed E-state index contributed by atoms with van der Waals surface area (Å²) in [4.78, 5) is 10.9. The van der Waals surface area contributed by atoms with Gasteiger partial charge in [0.25, 0.3) is 0 Å². The molecular formula is C11H8ClNO2. The molecule has 0 fully saturated rings. The zero-order chi connectivity index (χ0) is 11.0. The van der Waals surface area contributed by atoms with Crippen LogP contribution < -0.4 is 5.73 Å². The average molecular weight is 222 g/mol. The Kier molecular flexibility index (Phi) is 2.25. The summed E-state index contributed by atoms with van der Waals surface area (Å²) in [6, 6.07) is 8.04. The lowest BCUT2D eigenvalue weighted by Crippen LogP contribution is -1.99. The first-order chi connectivity index (χ1) is 7.09. The van der Waals surface area contributed by atoms with E-state index in [9.17, 15) is 4.79 Å². The number of carboxylic acid groups (broad SMARTS) is 1. The van der Waals surface area contributed by atoms with Gasteiger partial charge in [-0.2, -0.15) is 0 Å². The fourth-order valence-corrected chi connectivity index (χ4v) is 1.70. The van der Waals surface area contributed by atoms with Crippen LogP contribution in [0, 0.1) is 0 Å². The summed E-state index contributed by atoms with van der Waals surface area (Å²) in [5.41, 5.74) is 6.50. The lowest BCUT2D eigenvalue weighted by atomic mass is 10.0. The highest BCUT2D eigenvalue weighted by molar-refractivity contribution is 6.31. The minimum Gasteiger partial charge on any atom is -0.478 e. The maximum atomic E-state index is 10.9. The first-order valence-electron chi connectivity index (χ1n) is 4.30. The number of hydrogen-bond donors (Lipinski definition) is 2. The van der Waals surface area contributed by atoms with Crippen molar-refractivity contribution in [3.8, 4) is 0 Å². The number of carbonyl (C=O) groups is 1. The number of nitrogen functional groups attached to an aromatic ring is 1. The van der Waals surface area contributed by atoms with Crippen LogP contribution in [0.15, 0.2) is 30.3 Å². The topological polar surface area (TPSA) is 63.3 Å². The summed E-state index contributed by atoms with van der Waals surface area (Å²) in [6.07, 6.45) is 0. The van der Waals surface area contributed by atoms with Crippen molar-refractivity contribution in [1.82, 2.24) is 0 Å². The lowest BCUT2D eigenvalue weighted by molar-refractivity contribution is 0.0699. The van der Waals surface area contributed by atoms with Crippen molar-refractivity contribution in [2.24, 2.45) is 0 Å². The van der Waals surface area contributed by atoms with Gasteiger partial charge in [-0.15, -0.1) is 0 Å². The fraction of sp³-hybridized carbons (Fsp3) is 0. The van der Waals surface area contributed by atoms with E-state index in [1.165, 1.54) is 6.07 Å². The maximum Gasteiger partial charge on any atom is 0.336 e. The van der Waals surface area contributed by atoms with Gasteiger partial charge >= 0.3 is 5.97 Å². The van der Waals surface area contributed by atoms with Crippen LogP contribution in [-0.2, 0) is 0 Å². The first-order valence-corrected chi connectivity index (χ1v) is 4.68. The van der Waals surface area contributed by atoms with Gasteiger partial charge < -0.3 is 10.8 Å². The number of aromatic carboxylic acids is 1. The minimum atomic E-state index is -0.970. The Labute approximate surface area is 91.1 Å². The van der Waals surface area contributed by atoms with E-state index in [2.05, 4.69) is 0 Å². The van der Waals surface area contributed by atoms with E-state index in [-0.39, 0.29) is 5.56 Å². The Bertz CT molecular complexity index is 552. The van der Waals surface area contributed by atoms with Crippen LogP contribution in [0.2, 0.25) is 5.02 Å². The van der Waals surface area contributed by atoms with Gasteiger partial charge in [0, 0.05) is 16.1 Å². The van der Waals surface area contributed by atoms with Crippen molar-refractivity contribution in [3.63, 3.8) is 0 Å². The molecule has 0 aliphatic carbocycles. The molecule has 0 aliphatic heterocycles. The van der Waals surface area contributed by atoms with E-state index in [1.807, 2.05) is 0 Å². The molecular weight excluding hydrogens is 214 g/mol. The van der Waals surface area contributed by atoms with E-state index in [0.717, 1.165) is 0 Å². The largest absolute Gasteiger partial charge is 0.478 e. The Morgan fingerprint density at radius 2 is 1.93 bits per heavy atom. The monoisotopic (exact) mass is 221 g/mol. The van der Waals surface area contributed by atoms with E-state index >= 15 is 0 Å². The fourth-order valence-electron chi connectivity index (χ4n) is 1.53. The molecule has 76 valence electrons. The molecule has 15 heavy (non-hydrogen) atoms. The van der Waals surface area contributed by atoms with Gasteiger partial charge in [-0.05, 0) is 29.7 Å². The SMILES string of the molecule is Nc1ccc(C(=O)O)c2ccc(Cl)cc12. The highest BCUT2D eigenvalue weighted by Gasteiger charge is 2.09. The summed E-state index contributed by atoms with van der Waals surface area (Å²) in [6.45, 7) is 0. The number of hydrogen-bond acceptors (Lipinski definition) is 2. The van der Waals surface area contributed by atoms with Crippen molar-refractivity contribution < 1.29 is 9.90 Å². The molecule has 2 aromatic rings. The molecule has 2 rings (SSSR count). The van der Waals surface area contributed by atoms with Crippen LogP contribution in [0.4, 0.5) is 5.69 Å². The number of rotatable bonds is 1. The third-order valence-corrected chi connectivity index (χ3v) is 2.48. The van der Waals surface area contributed by atoms with Gasteiger partial charge in [0.05, 0.1) is 5.56 Å². The zero-order valence-corrected chi connectivity index (χ0v) is 8.45. The molecule has 3 nitrogen and oxygen atoms in total. The number of carboxylic acids is 1. The van der Waals surface area contributed by atoms with Crippen molar-refractivity contribution in [2.75, 3.05) is 5.73 Å². The second-order valence-electron chi connectivity index (χ2n) is 3.20. The number of nitrogens with two attached hydrogens (primary N) is 1. The van der Waals surface area contributed by atoms with Gasteiger partial charge in [0.15, 0.2) is 0 Å². The highest BCUT2D eigenvalue weighted by atomic mass is 35.5. The molecule has 0 aliphatic rings. The quantitative estimate of drug-likeness (QED) is 0.728. The molecule has 0 saturated heterocycles. The highest BCUT2D eigenvalue weighted by Crippen LogP contribution is 2.27. The molecule has 0 unspecified atom stereocenters. The van der Waals surface area contributed by atoms with Crippen LogP contribution in [0.25, 0.3) is 10.8 Å². The number of benzene rings is 2. The predicted octanol–water partition coefficient (Wildman–Crippen LogP) is 2.77. The second-order valence-corrected chi connectivity index (χ2v) is 3.63. The minimum absolute atomic E-state index is 0.232. The van der Waals surface area contributed by atoms with Crippen molar-refractivity contribution >= 4 is 34.0 Å². The third kappa shape index (κ3) is 1.62. The maximum absolute atomic E-state index is 10.9. The molecule has 3 N–H and O–H groups in total. The first kappa shape index (κ1) is 9.80. The van der Waals surface area contributed by atoms with Gasteiger partial charge in [-0.3, -0.25) is 0 Å². The van der Waals surface area contributed by atoms with Gasteiger partial charge in [-0.25, -0.2) is 4.79 Å². The Hall–Kier alpha value is -1.74. The van der Waals surface area contributed by atoms with Crippen LogP contribution in [-0.4, -0.2) is 11.1 Å². The predicted molar refractivity (Wildman–Crippen MR) is 60.3 cm³/mol. The molecule has 0 saturated carbocycles. The van der Waals surface area contributed by atoms with Crippen molar-refractivity contribution in [3.05, 3.63) is 40.9 Å². The molecule has 0 atom stereocenters. The standard InChI is InChI=1S/C11H8ClNO2/c12-6-1-2-7-8(11(14)15)3-4-10(13)9(7)5-6/h1-5H,13H2,(H,14,15). The molecule has 0 amide bonds. The smallest absolute Gasteiger partial charge is 0.336 e.